The molecule has 2 N–H and O–H groups in total. The van der Waals surface area contributed by atoms with Crippen molar-refractivity contribution >= 4 is 34.3 Å². The minimum absolute atomic E-state index is 0.0132. The second-order valence-electron chi connectivity index (χ2n) is 4.31. The van der Waals surface area contributed by atoms with Crippen molar-refractivity contribution in [1.82, 2.24) is 5.32 Å². The Labute approximate surface area is 124 Å². The monoisotopic (exact) mass is 317 g/mol. The molecule has 2 unspecified atom stereocenters. The van der Waals surface area contributed by atoms with E-state index in [2.05, 4.69) is 5.32 Å². The van der Waals surface area contributed by atoms with Gasteiger partial charge in [0.05, 0.1) is 21.4 Å². The van der Waals surface area contributed by atoms with Crippen LogP contribution >= 0.6 is 11.6 Å². The van der Waals surface area contributed by atoms with Crippen molar-refractivity contribution < 1.29 is 18.9 Å². The van der Waals surface area contributed by atoms with E-state index in [-0.39, 0.29) is 33.2 Å². The predicted octanol–water partition coefficient (Wildman–Crippen LogP) is 2.06. The van der Waals surface area contributed by atoms with Crippen molar-refractivity contribution in [2.75, 3.05) is 5.75 Å². The number of aromatic carboxylic acids is 1. The topological polar surface area (TPSA) is 83.5 Å². The molecule has 1 rings (SSSR count). The van der Waals surface area contributed by atoms with Crippen molar-refractivity contribution in [2.24, 2.45) is 0 Å². The molecule has 0 aliphatic carbocycles. The summed E-state index contributed by atoms with van der Waals surface area (Å²) in [5.41, 5.74) is -0.125. The Kier molecular flexibility index (Phi) is 6.16. The van der Waals surface area contributed by atoms with Gasteiger partial charge in [0, 0.05) is 10.9 Å². The number of benzene rings is 1. The number of carbonyl (C=O) groups is 2. The van der Waals surface area contributed by atoms with Gasteiger partial charge in [0.1, 0.15) is 5.75 Å². The Morgan fingerprint density at radius 1 is 1.45 bits per heavy atom. The van der Waals surface area contributed by atoms with E-state index < -0.39 is 16.8 Å². The normalized spacial score (nSPS) is 13.6. The van der Waals surface area contributed by atoms with Crippen molar-refractivity contribution in [3.05, 3.63) is 28.8 Å². The number of carbonyl (C=O) groups excluding carboxylic acids is 1. The summed E-state index contributed by atoms with van der Waals surface area (Å²) in [6.45, 7) is 3.78. The Balaban J connectivity index is 2.80. The van der Waals surface area contributed by atoms with E-state index in [4.69, 9.17) is 16.7 Å². The lowest BCUT2D eigenvalue weighted by Crippen LogP contribution is -2.35. The summed E-state index contributed by atoms with van der Waals surface area (Å²) < 4.78 is 12.0. The van der Waals surface area contributed by atoms with E-state index in [0.29, 0.717) is 0 Å². The number of hydrogen-bond acceptors (Lipinski definition) is 3. The second-order valence-corrected chi connectivity index (χ2v) is 6.17. The van der Waals surface area contributed by atoms with Gasteiger partial charge in [0.15, 0.2) is 0 Å². The summed E-state index contributed by atoms with van der Waals surface area (Å²) in [7, 11) is -1.60. The van der Waals surface area contributed by atoms with Crippen LogP contribution in [-0.2, 0) is 15.6 Å². The van der Waals surface area contributed by atoms with Gasteiger partial charge < -0.3 is 10.4 Å². The maximum Gasteiger partial charge on any atom is 0.337 e. The lowest BCUT2D eigenvalue weighted by atomic mass is 10.2. The number of carboxylic acids is 1. The summed E-state index contributed by atoms with van der Waals surface area (Å²) in [6.07, 6.45) is 0.780. The predicted molar refractivity (Wildman–Crippen MR) is 77.6 cm³/mol. The molecule has 0 aliphatic heterocycles. The summed E-state index contributed by atoms with van der Waals surface area (Å²) >= 11 is 5.73. The highest BCUT2D eigenvalue weighted by atomic mass is 35.5. The van der Waals surface area contributed by atoms with Crippen LogP contribution in [0.25, 0.3) is 0 Å². The molecule has 0 saturated heterocycles. The van der Waals surface area contributed by atoms with Crippen LogP contribution in [0, 0.1) is 0 Å². The van der Waals surface area contributed by atoms with Crippen LogP contribution in [0.3, 0.4) is 0 Å². The van der Waals surface area contributed by atoms with Crippen molar-refractivity contribution in [3.63, 3.8) is 0 Å². The number of halogens is 1. The van der Waals surface area contributed by atoms with Gasteiger partial charge in [-0.05, 0) is 31.5 Å². The zero-order valence-electron chi connectivity index (χ0n) is 11.2. The third-order valence-corrected chi connectivity index (χ3v) is 4.35. The van der Waals surface area contributed by atoms with Gasteiger partial charge >= 0.3 is 5.97 Å². The first-order valence-corrected chi connectivity index (χ1v) is 7.75. The lowest BCUT2D eigenvalue weighted by molar-refractivity contribution is -0.119. The minimum atomic E-state index is -1.60. The molecular weight excluding hydrogens is 302 g/mol. The molecule has 7 heteroatoms. The minimum Gasteiger partial charge on any atom is -0.478 e. The molecule has 110 valence electrons. The van der Waals surface area contributed by atoms with Crippen LogP contribution < -0.4 is 5.32 Å². The highest BCUT2D eigenvalue weighted by Gasteiger charge is 2.15. The molecule has 1 aromatic rings. The van der Waals surface area contributed by atoms with Gasteiger partial charge in [-0.2, -0.15) is 0 Å². The highest BCUT2D eigenvalue weighted by molar-refractivity contribution is 7.85. The molecule has 0 fully saturated rings. The average molecular weight is 318 g/mol. The van der Waals surface area contributed by atoms with Crippen LogP contribution in [0.5, 0.6) is 0 Å². The van der Waals surface area contributed by atoms with Crippen LogP contribution in [0.2, 0.25) is 5.02 Å². The molecule has 0 aromatic heterocycles. The van der Waals surface area contributed by atoms with Crippen molar-refractivity contribution in [1.29, 1.82) is 0 Å². The SMILES string of the molecule is CCC(C)NC(=O)CS(=O)c1ccc(Cl)c(C(=O)O)c1. The molecule has 5 nitrogen and oxygen atoms in total. The van der Waals surface area contributed by atoms with Gasteiger partial charge in [-0.3, -0.25) is 9.00 Å². The first-order valence-electron chi connectivity index (χ1n) is 6.05. The molecule has 0 heterocycles. The molecule has 0 aliphatic rings. The maximum atomic E-state index is 12.0. The Morgan fingerprint density at radius 3 is 2.65 bits per heavy atom. The fourth-order valence-electron chi connectivity index (χ4n) is 1.43. The number of nitrogens with one attached hydrogen (secondary N) is 1. The molecule has 20 heavy (non-hydrogen) atoms. The smallest absolute Gasteiger partial charge is 0.337 e. The maximum absolute atomic E-state index is 12.0. The van der Waals surface area contributed by atoms with Crippen LogP contribution in [0.1, 0.15) is 30.6 Å². The molecule has 0 radical (unpaired) electrons. The average Bonchev–Trinajstić information content (AvgIpc) is 2.38. The van der Waals surface area contributed by atoms with Crippen LogP contribution in [0.15, 0.2) is 23.1 Å². The van der Waals surface area contributed by atoms with Gasteiger partial charge in [-0.1, -0.05) is 18.5 Å². The molecule has 0 bridgehead atoms. The van der Waals surface area contributed by atoms with Crippen LogP contribution in [-0.4, -0.2) is 33.0 Å². The van der Waals surface area contributed by atoms with E-state index in [0.717, 1.165) is 6.42 Å². The molecule has 0 spiro atoms. The molecule has 0 saturated carbocycles. The van der Waals surface area contributed by atoms with Gasteiger partial charge in [0.2, 0.25) is 5.91 Å². The Hall–Kier alpha value is -1.40. The van der Waals surface area contributed by atoms with Crippen molar-refractivity contribution in [3.8, 4) is 0 Å². The van der Waals surface area contributed by atoms with Crippen LogP contribution in [0.4, 0.5) is 0 Å². The first-order chi connectivity index (χ1) is 9.35. The summed E-state index contributed by atoms with van der Waals surface area (Å²) in [5, 5.41) is 11.7. The number of amides is 1. The highest BCUT2D eigenvalue weighted by Crippen LogP contribution is 2.19. The number of rotatable bonds is 6. The summed E-state index contributed by atoms with van der Waals surface area (Å²) in [4.78, 5) is 22.8. The Bertz CT molecular complexity index is 547. The molecule has 1 aromatic carbocycles. The van der Waals surface area contributed by atoms with Gasteiger partial charge in [0.25, 0.3) is 0 Å². The van der Waals surface area contributed by atoms with E-state index >= 15 is 0 Å². The zero-order valence-corrected chi connectivity index (χ0v) is 12.8. The number of carboxylic acid groups (broad SMARTS) is 1. The molecule has 1 amide bonds. The molecule has 2 atom stereocenters. The van der Waals surface area contributed by atoms with Gasteiger partial charge in [-0.25, -0.2) is 4.79 Å². The summed E-state index contributed by atoms with van der Waals surface area (Å²) in [6, 6.07) is 4.07. The largest absolute Gasteiger partial charge is 0.478 e. The fourth-order valence-corrected chi connectivity index (χ4v) is 2.59. The zero-order chi connectivity index (χ0) is 15.3. The van der Waals surface area contributed by atoms with E-state index in [1.54, 1.807) is 0 Å². The standard InChI is InChI=1S/C13H16ClNO4S/c1-3-8(2)15-12(16)7-20(19)9-4-5-11(14)10(6-9)13(17)18/h4-6,8H,3,7H2,1-2H3,(H,15,16)(H,17,18). The quantitative estimate of drug-likeness (QED) is 0.841. The third-order valence-electron chi connectivity index (χ3n) is 2.71. The van der Waals surface area contributed by atoms with Crippen molar-refractivity contribution in [2.45, 2.75) is 31.2 Å². The van der Waals surface area contributed by atoms with E-state index in [9.17, 15) is 13.8 Å². The fraction of sp³-hybridized carbons (Fsp3) is 0.385. The van der Waals surface area contributed by atoms with E-state index in [1.165, 1.54) is 18.2 Å². The van der Waals surface area contributed by atoms with E-state index in [1.807, 2.05) is 13.8 Å². The molecular formula is C13H16ClNO4S. The first kappa shape index (κ1) is 16.7. The lowest BCUT2D eigenvalue weighted by Gasteiger charge is -2.11. The van der Waals surface area contributed by atoms with Gasteiger partial charge in [-0.15, -0.1) is 0 Å². The second kappa shape index (κ2) is 7.40. The number of hydrogen-bond donors (Lipinski definition) is 2. The third kappa shape index (κ3) is 4.61. The summed E-state index contributed by atoms with van der Waals surface area (Å²) in [5.74, 6) is -1.73. The Morgan fingerprint density at radius 2 is 2.10 bits per heavy atom.